The quantitative estimate of drug-likeness (QED) is 0.467. The molecule has 0 aliphatic carbocycles. The van der Waals surface area contributed by atoms with E-state index in [4.69, 9.17) is 4.98 Å². The number of aromatic nitrogens is 3. The highest BCUT2D eigenvalue weighted by atomic mass is 19.1. The topological polar surface area (TPSA) is 50.5 Å². The molecule has 1 saturated heterocycles. The third-order valence-corrected chi connectivity index (χ3v) is 5.84. The lowest BCUT2D eigenvalue weighted by molar-refractivity contribution is 0.0727. The van der Waals surface area contributed by atoms with Crippen molar-refractivity contribution in [3.8, 4) is 11.1 Å². The largest absolute Gasteiger partial charge is 0.329 e. The Bertz CT molecular complexity index is 1280. The van der Waals surface area contributed by atoms with Crippen LogP contribution in [0.3, 0.4) is 0 Å². The number of fused-ring (bicyclic) bond motifs is 1. The first-order valence-corrected chi connectivity index (χ1v) is 10.5. The van der Waals surface area contributed by atoms with Gasteiger partial charge in [0.2, 0.25) is 0 Å². The number of carbonyl (C=O) groups excluding carboxylic acids is 1. The predicted molar refractivity (Wildman–Crippen MR) is 117 cm³/mol. The molecule has 1 atom stereocenters. The number of rotatable bonds is 3. The Morgan fingerprint density at radius 3 is 2.65 bits per heavy atom. The number of hydrogen-bond acceptors (Lipinski definition) is 3. The molecule has 0 spiro atoms. The summed E-state index contributed by atoms with van der Waals surface area (Å²) in [5.41, 5.74) is 5.97. The number of imidazole rings is 1. The monoisotopic (exact) mass is 414 g/mol. The average molecular weight is 414 g/mol. The highest BCUT2D eigenvalue weighted by Gasteiger charge is 2.33. The second kappa shape index (κ2) is 7.61. The maximum atomic E-state index is 13.3. The average Bonchev–Trinajstić information content (AvgIpc) is 3.40. The molecule has 5 nitrogen and oxygen atoms in total. The summed E-state index contributed by atoms with van der Waals surface area (Å²) < 4.78 is 15.2. The summed E-state index contributed by atoms with van der Waals surface area (Å²) in [5, 5.41) is 0. The van der Waals surface area contributed by atoms with E-state index in [1.54, 1.807) is 18.3 Å². The summed E-state index contributed by atoms with van der Waals surface area (Å²) in [6.07, 6.45) is 5.50. The van der Waals surface area contributed by atoms with Gasteiger partial charge < -0.3 is 9.30 Å². The van der Waals surface area contributed by atoms with Crippen LogP contribution in [0.4, 0.5) is 4.39 Å². The molecule has 4 heterocycles. The fraction of sp³-hybridized carbons (Fsp3) is 0.240. The zero-order valence-electron chi connectivity index (χ0n) is 17.5. The molecule has 1 unspecified atom stereocenters. The summed E-state index contributed by atoms with van der Waals surface area (Å²) in [5.74, 6) is -0.333. The first-order valence-electron chi connectivity index (χ1n) is 10.5. The minimum Gasteiger partial charge on any atom is -0.329 e. The molecular formula is C25H23FN4O. The lowest BCUT2D eigenvalue weighted by Crippen LogP contribution is -2.31. The highest BCUT2D eigenvalue weighted by Crippen LogP contribution is 2.34. The van der Waals surface area contributed by atoms with Gasteiger partial charge in [0.05, 0.1) is 11.7 Å². The Hall–Kier alpha value is -3.54. The summed E-state index contributed by atoms with van der Waals surface area (Å²) in [6, 6.07) is 14.3. The van der Waals surface area contributed by atoms with Crippen LogP contribution < -0.4 is 0 Å². The Morgan fingerprint density at radius 2 is 1.84 bits per heavy atom. The second-order valence-corrected chi connectivity index (χ2v) is 8.18. The van der Waals surface area contributed by atoms with Crippen LogP contribution in [0.2, 0.25) is 0 Å². The van der Waals surface area contributed by atoms with E-state index in [9.17, 15) is 9.18 Å². The van der Waals surface area contributed by atoms with Gasteiger partial charge in [-0.3, -0.25) is 9.78 Å². The highest BCUT2D eigenvalue weighted by molar-refractivity contribution is 5.93. The zero-order chi connectivity index (χ0) is 21.5. The van der Waals surface area contributed by atoms with Crippen molar-refractivity contribution in [2.24, 2.45) is 0 Å². The Morgan fingerprint density at radius 1 is 1.03 bits per heavy atom. The molecule has 1 fully saturated rings. The minimum absolute atomic E-state index is 0.0736. The summed E-state index contributed by atoms with van der Waals surface area (Å²) >= 11 is 0. The number of likely N-dealkylation sites (tertiary alicyclic amines) is 1. The predicted octanol–water partition coefficient (Wildman–Crippen LogP) is 5.13. The van der Waals surface area contributed by atoms with Crippen LogP contribution in [0.1, 0.15) is 46.3 Å². The van der Waals surface area contributed by atoms with Gasteiger partial charge in [-0.15, -0.1) is 0 Å². The molecule has 4 aromatic rings. The van der Waals surface area contributed by atoms with E-state index < -0.39 is 0 Å². The third kappa shape index (κ3) is 3.69. The number of aryl methyl sites for hydroxylation is 2. The molecule has 156 valence electrons. The molecule has 0 saturated carbocycles. The van der Waals surface area contributed by atoms with Crippen molar-refractivity contribution in [1.82, 2.24) is 19.3 Å². The van der Waals surface area contributed by atoms with Gasteiger partial charge in [-0.1, -0.05) is 12.1 Å². The maximum Gasteiger partial charge on any atom is 0.274 e. The molecule has 5 rings (SSSR count). The fourth-order valence-corrected chi connectivity index (χ4v) is 4.33. The molecule has 6 heteroatoms. The molecule has 1 aliphatic rings. The van der Waals surface area contributed by atoms with Gasteiger partial charge in [0.25, 0.3) is 5.91 Å². The fourth-order valence-electron chi connectivity index (χ4n) is 4.33. The molecular weight excluding hydrogens is 391 g/mol. The van der Waals surface area contributed by atoms with Gasteiger partial charge in [-0.2, -0.15) is 0 Å². The second-order valence-electron chi connectivity index (χ2n) is 8.18. The van der Waals surface area contributed by atoms with Gasteiger partial charge in [-0.25, -0.2) is 9.37 Å². The van der Waals surface area contributed by atoms with E-state index in [0.29, 0.717) is 12.2 Å². The number of nitrogens with zero attached hydrogens (tertiary/aromatic N) is 4. The van der Waals surface area contributed by atoms with Crippen LogP contribution in [-0.2, 0) is 0 Å². The van der Waals surface area contributed by atoms with E-state index >= 15 is 0 Å². The van der Waals surface area contributed by atoms with Crippen LogP contribution in [0.15, 0.2) is 60.9 Å². The Balaban J connectivity index is 1.48. The van der Waals surface area contributed by atoms with E-state index in [1.165, 1.54) is 12.1 Å². The van der Waals surface area contributed by atoms with Crippen molar-refractivity contribution in [1.29, 1.82) is 0 Å². The number of pyridine rings is 2. The van der Waals surface area contributed by atoms with E-state index in [-0.39, 0.29) is 17.8 Å². The first kappa shape index (κ1) is 19.4. The Kier molecular flexibility index (Phi) is 4.77. The number of halogens is 1. The van der Waals surface area contributed by atoms with Crippen molar-refractivity contribution in [2.45, 2.75) is 32.7 Å². The SMILES string of the molecule is Cc1ccn2cc(C(=O)N3CCCC3c3cc(-c4ccc(F)cc4)cc(C)n3)nc2c1. The molecule has 0 radical (unpaired) electrons. The van der Waals surface area contributed by atoms with Crippen LogP contribution in [0.25, 0.3) is 16.8 Å². The standard InChI is InChI=1S/C25H23FN4O/c1-16-9-11-29-15-22(28-24(29)12-16)25(31)30-10-3-4-23(30)21-14-19(13-17(2)27-21)18-5-7-20(26)8-6-18/h5-9,11-15,23H,3-4,10H2,1-2H3. The Labute approximate surface area is 180 Å². The van der Waals surface area contributed by atoms with Crippen LogP contribution in [0.5, 0.6) is 0 Å². The lowest BCUT2D eigenvalue weighted by atomic mass is 10.0. The molecule has 3 aromatic heterocycles. The van der Waals surface area contributed by atoms with Gasteiger partial charge in [-0.05, 0) is 79.8 Å². The van der Waals surface area contributed by atoms with Crippen molar-refractivity contribution < 1.29 is 9.18 Å². The number of benzene rings is 1. The number of carbonyl (C=O) groups is 1. The maximum absolute atomic E-state index is 13.3. The summed E-state index contributed by atoms with van der Waals surface area (Å²) in [4.78, 5) is 24.5. The molecule has 1 aromatic carbocycles. The first-order chi connectivity index (χ1) is 15.0. The number of hydrogen-bond donors (Lipinski definition) is 0. The lowest BCUT2D eigenvalue weighted by Gasteiger charge is -2.24. The van der Waals surface area contributed by atoms with Crippen molar-refractivity contribution in [3.63, 3.8) is 0 Å². The van der Waals surface area contributed by atoms with Crippen molar-refractivity contribution in [3.05, 3.63) is 89.4 Å². The molecule has 0 bridgehead atoms. The number of amides is 1. The van der Waals surface area contributed by atoms with Crippen LogP contribution >= 0.6 is 0 Å². The van der Waals surface area contributed by atoms with Gasteiger partial charge in [0, 0.05) is 24.6 Å². The normalized spacial score (nSPS) is 16.2. The zero-order valence-corrected chi connectivity index (χ0v) is 17.5. The smallest absolute Gasteiger partial charge is 0.274 e. The van der Waals surface area contributed by atoms with E-state index in [0.717, 1.165) is 46.6 Å². The van der Waals surface area contributed by atoms with Gasteiger partial charge in [0.1, 0.15) is 17.2 Å². The van der Waals surface area contributed by atoms with Gasteiger partial charge >= 0.3 is 0 Å². The van der Waals surface area contributed by atoms with Crippen molar-refractivity contribution >= 4 is 11.6 Å². The molecule has 1 amide bonds. The minimum atomic E-state index is -0.259. The molecule has 1 aliphatic heterocycles. The van der Waals surface area contributed by atoms with Crippen LogP contribution in [-0.4, -0.2) is 31.7 Å². The summed E-state index contributed by atoms with van der Waals surface area (Å²) in [7, 11) is 0. The van der Waals surface area contributed by atoms with E-state index in [2.05, 4.69) is 4.98 Å². The van der Waals surface area contributed by atoms with Crippen LogP contribution in [0, 0.1) is 19.7 Å². The molecule has 31 heavy (non-hydrogen) atoms. The van der Waals surface area contributed by atoms with Gasteiger partial charge in [0.15, 0.2) is 0 Å². The van der Waals surface area contributed by atoms with Crippen molar-refractivity contribution in [2.75, 3.05) is 6.54 Å². The summed E-state index contributed by atoms with van der Waals surface area (Å²) in [6.45, 7) is 4.63. The van der Waals surface area contributed by atoms with E-state index in [1.807, 2.05) is 53.6 Å². The third-order valence-electron chi connectivity index (χ3n) is 5.84. The molecule has 0 N–H and O–H groups in total.